The van der Waals surface area contributed by atoms with Crippen molar-refractivity contribution in [2.45, 2.75) is 12.5 Å². The summed E-state index contributed by atoms with van der Waals surface area (Å²) in [6.07, 6.45) is 0.646. The number of fused-ring (bicyclic) bond motifs is 3. The molecule has 2 N–H and O–H groups in total. The number of nitrogens with one attached hydrogen (secondary N) is 2. The molecule has 33 heavy (non-hydrogen) atoms. The summed E-state index contributed by atoms with van der Waals surface area (Å²) in [5.41, 5.74) is 4.20. The van der Waals surface area contributed by atoms with E-state index in [2.05, 4.69) is 10.3 Å². The number of methoxy groups -OCH3 is 1. The Balaban J connectivity index is 1.58. The Morgan fingerprint density at radius 2 is 1.82 bits per heavy atom. The maximum atomic E-state index is 13.7. The fourth-order valence-corrected chi connectivity index (χ4v) is 4.78. The summed E-state index contributed by atoms with van der Waals surface area (Å²) in [4.78, 5) is 18.7. The number of rotatable bonds is 3. The van der Waals surface area contributed by atoms with E-state index in [1.807, 2.05) is 18.2 Å². The van der Waals surface area contributed by atoms with Gasteiger partial charge in [-0.2, -0.15) is 0 Å². The molecular weight excluding hydrogens is 464 g/mol. The molecule has 1 unspecified atom stereocenters. The lowest BCUT2D eigenvalue weighted by atomic mass is 9.92. The van der Waals surface area contributed by atoms with Crippen LogP contribution in [-0.4, -0.2) is 29.6 Å². The van der Waals surface area contributed by atoms with E-state index < -0.39 is 6.04 Å². The number of halogens is 3. The molecule has 2 amide bonds. The number of anilines is 1. The maximum Gasteiger partial charge on any atom is 0.322 e. The summed E-state index contributed by atoms with van der Waals surface area (Å²) < 4.78 is 19.1. The second-order valence-electron chi connectivity index (χ2n) is 7.88. The molecule has 8 heteroatoms. The molecule has 5 nitrogen and oxygen atoms in total. The molecule has 1 atom stereocenters. The number of hydrogen-bond acceptors (Lipinski definition) is 2. The molecular formula is C25H20Cl2FN3O2. The van der Waals surface area contributed by atoms with Crippen LogP contribution in [0.25, 0.3) is 10.9 Å². The van der Waals surface area contributed by atoms with Crippen LogP contribution in [0, 0.1) is 5.82 Å². The van der Waals surface area contributed by atoms with Gasteiger partial charge in [0, 0.05) is 33.2 Å². The molecule has 0 radical (unpaired) electrons. The van der Waals surface area contributed by atoms with Gasteiger partial charge in [-0.25, -0.2) is 9.18 Å². The van der Waals surface area contributed by atoms with Crippen molar-refractivity contribution in [2.24, 2.45) is 0 Å². The molecule has 1 aliphatic heterocycles. The number of amides is 2. The summed E-state index contributed by atoms with van der Waals surface area (Å²) >= 11 is 12.4. The van der Waals surface area contributed by atoms with Crippen molar-refractivity contribution in [3.63, 3.8) is 0 Å². The largest absolute Gasteiger partial charge is 0.495 e. The Bertz CT molecular complexity index is 1350. The van der Waals surface area contributed by atoms with Crippen LogP contribution in [0.15, 0.2) is 60.7 Å². The Hall–Kier alpha value is -3.22. The zero-order valence-corrected chi connectivity index (χ0v) is 19.2. The SMILES string of the molecule is COc1ccc(Cl)cc1NC(=O)N1CCc2c([nH]c3ccc(Cl)cc23)C1c1ccc(F)cc1. The summed E-state index contributed by atoms with van der Waals surface area (Å²) in [7, 11) is 1.53. The number of H-pyrrole nitrogens is 1. The number of aromatic amines is 1. The van der Waals surface area contributed by atoms with Gasteiger partial charge in [0.25, 0.3) is 0 Å². The summed E-state index contributed by atoms with van der Waals surface area (Å²) in [5, 5.41) is 5.08. The topological polar surface area (TPSA) is 57.4 Å². The number of urea groups is 1. The van der Waals surface area contributed by atoms with Crippen molar-refractivity contribution in [2.75, 3.05) is 19.0 Å². The smallest absolute Gasteiger partial charge is 0.322 e. The van der Waals surface area contributed by atoms with E-state index in [1.54, 1.807) is 35.2 Å². The highest BCUT2D eigenvalue weighted by atomic mass is 35.5. The van der Waals surface area contributed by atoms with Gasteiger partial charge < -0.3 is 19.9 Å². The number of aromatic nitrogens is 1. The first-order valence-corrected chi connectivity index (χ1v) is 11.2. The summed E-state index contributed by atoms with van der Waals surface area (Å²) in [6, 6.07) is 16.2. The standard InChI is InChI=1S/C25H20Cl2FN3O2/c1-33-22-9-5-16(27)13-21(22)30-25(32)31-11-10-18-19-12-15(26)4-8-20(19)29-23(18)24(31)14-2-6-17(28)7-3-14/h2-9,12-13,24,29H,10-11H2,1H3,(H,30,32). The van der Waals surface area contributed by atoms with Gasteiger partial charge in [-0.1, -0.05) is 35.3 Å². The molecule has 4 aromatic rings. The highest BCUT2D eigenvalue weighted by Crippen LogP contribution is 2.40. The van der Waals surface area contributed by atoms with E-state index in [9.17, 15) is 9.18 Å². The van der Waals surface area contributed by atoms with Gasteiger partial charge >= 0.3 is 6.03 Å². The average Bonchev–Trinajstić information content (AvgIpc) is 3.17. The Kier molecular flexibility index (Phi) is 5.64. The number of carbonyl (C=O) groups is 1. The van der Waals surface area contributed by atoms with Gasteiger partial charge in [0.2, 0.25) is 0 Å². The van der Waals surface area contributed by atoms with E-state index in [0.29, 0.717) is 34.4 Å². The lowest BCUT2D eigenvalue weighted by molar-refractivity contribution is 0.193. The Labute approximate surface area is 200 Å². The fourth-order valence-electron chi connectivity index (χ4n) is 4.44. The molecule has 168 valence electrons. The second-order valence-corrected chi connectivity index (χ2v) is 8.75. The molecule has 0 bridgehead atoms. The number of benzene rings is 3. The van der Waals surface area contributed by atoms with Crippen LogP contribution in [0.5, 0.6) is 5.75 Å². The number of hydrogen-bond donors (Lipinski definition) is 2. The number of carbonyl (C=O) groups excluding carboxylic acids is 1. The number of ether oxygens (including phenoxy) is 1. The van der Waals surface area contributed by atoms with E-state index >= 15 is 0 Å². The van der Waals surface area contributed by atoms with Crippen LogP contribution >= 0.6 is 23.2 Å². The first-order valence-electron chi connectivity index (χ1n) is 10.4. The highest BCUT2D eigenvalue weighted by Gasteiger charge is 2.35. The average molecular weight is 484 g/mol. The Morgan fingerprint density at radius 3 is 2.58 bits per heavy atom. The van der Waals surface area contributed by atoms with Gasteiger partial charge in [0.1, 0.15) is 11.6 Å². The lowest BCUT2D eigenvalue weighted by Crippen LogP contribution is -2.43. The predicted octanol–water partition coefficient (Wildman–Crippen LogP) is 6.80. The normalized spacial score (nSPS) is 15.4. The van der Waals surface area contributed by atoms with Crippen molar-refractivity contribution < 1.29 is 13.9 Å². The Morgan fingerprint density at radius 1 is 1.09 bits per heavy atom. The van der Waals surface area contributed by atoms with Crippen molar-refractivity contribution >= 4 is 45.8 Å². The molecule has 0 aliphatic carbocycles. The minimum Gasteiger partial charge on any atom is -0.495 e. The zero-order valence-electron chi connectivity index (χ0n) is 17.7. The third-order valence-electron chi connectivity index (χ3n) is 5.94. The summed E-state index contributed by atoms with van der Waals surface area (Å²) in [6.45, 7) is 0.462. The van der Waals surface area contributed by atoms with Crippen LogP contribution in [0.2, 0.25) is 10.0 Å². The molecule has 3 aromatic carbocycles. The molecule has 0 saturated heterocycles. The van der Waals surface area contributed by atoms with Crippen LogP contribution in [0.4, 0.5) is 14.9 Å². The van der Waals surface area contributed by atoms with Crippen molar-refractivity contribution in [1.29, 1.82) is 0 Å². The minimum atomic E-state index is -0.439. The highest BCUT2D eigenvalue weighted by molar-refractivity contribution is 6.31. The molecule has 5 rings (SSSR count). The third kappa shape index (κ3) is 4.01. The van der Waals surface area contributed by atoms with Crippen molar-refractivity contribution in [3.8, 4) is 5.75 Å². The van der Waals surface area contributed by atoms with Crippen LogP contribution in [-0.2, 0) is 6.42 Å². The third-order valence-corrected chi connectivity index (χ3v) is 6.41. The monoisotopic (exact) mass is 483 g/mol. The maximum absolute atomic E-state index is 13.7. The van der Waals surface area contributed by atoms with Gasteiger partial charge in [0.15, 0.2) is 0 Å². The molecule has 0 spiro atoms. The fraction of sp³-hybridized carbons (Fsp3) is 0.160. The van der Waals surface area contributed by atoms with Crippen molar-refractivity contribution in [1.82, 2.24) is 9.88 Å². The second kappa shape index (κ2) is 8.61. The first-order chi connectivity index (χ1) is 15.9. The number of nitrogens with zero attached hydrogens (tertiary/aromatic N) is 1. The van der Waals surface area contributed by atoms with Gasteiger partial charge in [-0.05, 0) is 66.1 Å². The van der Waals surface area contributed by atoms with Crippen LogP contribution < -0.4 is 10.1 Å². The van der Waals surface area contributed by atoms with E-state index in [4.69, 9.17) is 27.9 Å². The molecule has 2 heterocycles. The van der Waals surface area contributed by atoms with E-state index in [-0.39, 0.29) is 11.8 Å². The van der Waals surface area contributed by atoms with Gasteiger partial charge in [-0.3, -0.25) is 0 Å². The lowest BCUT2D eigenvalue weighted by Gasteiger charge is -2.36. The first kappa shape index (κ1) is 21.6. The van der Waals surface area contributed by atoms with Gasteiger partial charge in [-0.15, -0.1) is 0 Å². The zero-order chi connectivity index (χ0) is 23.1. The predicted molar refractivity (Wildman–Crippen MR) is 129 cm³/mol. The summed E-state index contributed by atoms with van der Waals surface area (Å²) in [5.74, 6) is 0.168. The molecule has 1 aliphatic rings. The molecule has 0 fully saturated rings. The minimum absolute atomic E-state index is 0.313. The van der Waals surface area contributed by atoms with E-state index in [1.165, 1.54) is 19.2 Å². The van der Waals surface area contributed by atoms with Crippen LogP contribution in [0.1, 0.15) is 22.9 Å². The van der Waals surface area contributed by atoms with Gasteiger partial charge in [0.05, 0.1) is 18.8 Å². The quantitative estimate of drug-likeness (QED) is 0.336. The molecule has 1 aromatic heterocycles. The van der Waals surface area contributed by atoms with Crippen molar-refractivity contribution in [3.05, 3.63) is 93.3 Å². The van der Waals surface area contributed by atoms with E-state index in [0.717, 1.165) is 27.7 Å². The van der Waals surface area contributed by atoms with Crippen LogP contribution in [0.3, 0.4) is 0 Å². The molecule has 0 saturated carbocycles.